The highest BCUT2D eigenvalue weighted by Crippen LogP contribution is 2.17. The Morgan fingerprint density at radius 1 is 1.03 bits per heavy atom. The van der Waals surface area contributed by atoms with Crippen LogP contribution in [0.15, 0.2) is 58.2 Å². The van der Waals surface area contributed by atoms with E-state index in [1.165, 1.54) is 0 Å². The van der Waals surface area contributed by atoms with Gasteiger partial charge in [0.2, 0.25) is 5.88 Å². The zero-order valence-electron chi connectivity index (χ0n) is 17.8. The second kappa shape index (κ2) is 11.0. The summed E-state index contributed by atoms with van der Waals surface area (Å²) in [6, 6.07) is 14.0. The van der Waals surface area contributed by atoms with E-state index in [9.17, 15) is 0 Å². The third kappa shape index (κ3) is 5.59. The molecule has 0 amide bonds. The highest BCUT2D eigenvalue weighted by Gasteiger charge is 2.14. The second-order valence-corrected chi connectivity index (χ2v) is 6.76. The first kappa shape index (κ1) is 21.4. The van der Waals surface area contributed by atoms with E-state index in [0.717, 1.165) is 41.0 Å². The van der Waals surface area contributed by atoms with Crippen LogP contribution in [-0.4, -0.2) is 23.1 Å². The van der Waals surface area contributed by atoms with Gasteiger partial charge in [0, 0.05) is 43.9 Å². The molecule has 0 aliphatic carbocycles. The molecule has 3 rings (SSSR count). The van der Waals surface area contributed by atoms with Gasteiger partial charge >= 0.3 is 0 Å². The number of aromatic nitrogens is 2. The molecule has 2 aromatic heterocycles. The van der Waals surface area contributed by atoms with Gasteiger partial charge in [0.1, 0.15) is 12.4 Å². The van der Waals surface area contributed by atoms with Crippen LogP contribution in [0, 0.1) is 0 Å². The summed E-state index contributed by atoms with van der Waals surface area (Å²) < 4.78 is 11.4. The molecule has 0 saturated carbocycles. The zero-order chi connectivity index (χ0) is 21.2. The van der Waals surface area contributed by atoms with Crippen molar-refractivity contribution < 1.29 is 9.26 Å². The van der Waals surface area contributed by atoms with Gasteiger partial charge < -0.3 is 19.9 Å². The van der Waals surface area contributed by atoms with E-state index >= 15 is 0 Å². The van der Waals surface area contributed by atoms with E-state index in [0.29, 0.717) is 31.5 Å². The molecule has 30 heavy (non-hydrogen) atoms. The molecule has 0 unspecified atom stereocenters. The van der Waals surface area contributed by atoms with E-state index < -0.39 is 0 Å². The van der Waals surface area contributed by atoms with Crippen LogP contribution in [0.25, 0.3) is 0 Å². The largest absolute Gasteiger partial charge is 0.473 e. The first-order chi connectivity index (χ1) is 14.7. The zero-order valence-corrected chi connectivity index (χ0v) is 17.8. The lowest BCUT2D eigenvalue weighted by Crippen LogP contribution is -2.36. The number of hydrogen-bond donors (Lipinski definition) is 2. The summed E-state index contributed by atoms with van der Waals surface area (Å²) in [5.74, 6) is 2.22. The Morgan fingerprint density at radius 3 is 2.57 bits per heavy atom. The van der Waals surface area contributed by atoms with E-state index in [1.54, 1.807) is 13.2 Å². The maximum atomic E-state index is 5.94. The van der Waals surface area contributed by atoms with Crippen molar-refractivity contribution in [3.8, 4) is 5.88 Å². The predicted molar refractivity (Wildman–Crippen MR) is 117 cm³/mol. The molecule has 0 aliphatic rings. The van der Waals surface area contributed by atoms with Crippen LogP contribution < -0.4 is 15.4 Å². The van der Waals surface area contributed by atoms with Crippen LogP contribution in [0.4, 0.5) is 0 Å². The van der Waals surface area contributed by atoms with Crippen molar-refractivity contribution in [1.82, 2.24) is 20.8 Å². The van der Waals surface area contributed by atoms with Crippen LogP contribution in [-0.2, 0) is 32.5 Å². The maximum Gasteiger partial charge on any atom is 0.218 e. The van der Waals surface area contributed by atoms with E-state index in [4.69, 9.17) is 9.26 Å². The quantitative estimate of drug-likeness (QED) is 0.416. The number of aryl methyl sites for hydroxylation is 2. The molecule has 7 heteroatoms. The van der Waals surface area contributed by atoms with Gasteiger partial charge in [-0.15, -0.1) is 0 Å². The van der Waals surface area contributed by atoms with Crippen molar-refractivity contribution in [2.24, 2.45) is 4.99 Å². The Hall–Kier alpha value is -3.35. The van der Waals surface area contributed by atoms with Crippen molar-refractivity contribution in [1.29, 1.82) is 0 Å². The predicted octanol–water partition coefficient (Wildman–Crippen LogP) is 3.64. The SMILES string of the molecule is CCc1noc(CC)c1CNC(=NC)NCc1cccnc1OCc1ccccc1. The highest BCUT2D eigenvalue weighted by molar-refractivity contribution is 5.79. The fourth-order valence-electron chi connectivity index (χ4n) is 3.12. The third-order valence-corrected chi connectivity index (χ3v) is 4.78. The molecule has 0 aliphatic heterocycles. The number of hydrogen-bond acceptors (Lipinski definition) is 5. The lowest BCUT2D eigenvalue weighted by molar-refractivity contribution is 0.290. The number of pyridine rings is 1. The summed E-state index contributed by atoms with van der Waals surface area (Å²) in [5.41, 5.74) is 4.16. The van der Waals surface area contributed by atoms with Crippen LogP contribution >= 0.6 is 0 Å². The molecular weight excluding hydrogens is 378 g/mol. The van der Waals surface area contributed by atoms with Crippen LogP contribution in [0.5, 0.6) is 5.88 Å². The van der Waals surface area contributed by atoms with Gasteiger partial charge in [-0.25, -0.2) is 4.98 Å². The Balaban J connectivity index is 1.58. The van der Waals surface area contributed by atoms with E-state index in [1.807, 2.05) is 42.5 Å². The average Bonchev–Trinajstić information content (AvgIpc) is 3.21. The second-order valence-electron chi connectivity index (χ2n) is 6.76. The smallest absolute Gasteiger partial charge is 0.218 e. The molecule has 0 fully saturated rings. The van der Waals surface area contributed by atoms with Gasteiger partial charge in [-0.05, 0) is 18.1 Å². The topological polar surface area (TPSA) is 84.6 Å². The van der Waals surface area contributed by atoms with Gasteiger partial charge in [0.05, 0.1) is 5.69 Å². The Labute approximate surface area is 177 Å². The number of nitrogens with one attached hydrogen (secondary N) is 2. The number of benzene rings is 1. The molecule has 0 bridgehead atoms. The summed E-state index contributed by atoms with van der Waals surface area (Å²) in [6.45, 7) is 5.77. The molecule has 1 aromatic carbocycles. The molecule has 0 atom stereocenters. The molecule has 7 nitrogen and oxygen atoms in total. The number of guanidine groups is 1. The van der Waals surface area contributed by atoms with Crippen molar-refractivity contribution in [3.63, 3.8) is 0 Å². The standard InChI is InChI=1S/C23H29N5O2/c1-4-20-19(21(5-2)30-28-20)15-27-23(24-3)26-14-18-12-9-13-25-22(18)29-16-17-10-7-6-8-11-17/h6-13H,4-5,14-16H2,1-3H3,(H2,24,26,27). The van der Waals surface area contributed by atoms with Crippen molar-refractivity contribution in [3.05, 3.63) is 76.8 Å². The summed E-state index contributed by atoms with van der Waals surface area (Å²) in [5, 5.41) is 10.8. The van der Waals surface area contributed by atoms with Crippen molar-refractivity contribution in [2.75, 3.05) is 7.05 Å². The van der Waals surface area contributed by atoms with E-state index in [2.05, 4.69) is 39.6 Å². The van der Waals surface area contributed by atoms with Crippen molar-refractivity contribution >= 4 is 5.96 Å². The number of rotatable bonds is 9. The first-order valence-corrected chi connectivity index (χ1v) is 10.3. The van der Waals surface area contributed by atoms with E-state index in [-0.39, 0.29) is 0 Å². The fraction of sp³-hybridized carbons (Fsp3) is 0.348. The van der Waals surface area contributed by atoms with Crippen molar-refractivity contribution in [2.45, 2.75) is 46.4 Å². The van der Waals surface area contributed by atoms with Gasteiger partial charge in [0.25, 0.3) is 0 Å². The van der Waals surface area contributed by atoms with Crippen LogP contribution in [0.2, 0.25) is 0 Å². The molecule has 2 heterocycles. The maximum absolute atomic E-state index is 5.94. The minimum Gasteiger partial charge on any atom is -0.473 e. The number of ether oxygens (including phenoxy) is 1. The van der Waals surface area contributed by atoms with Crippen LogP contribution in [0.1, 0.15) is 42.0 Å². The molecule has 158 valence electrons. The summed E-state index contributed by atoms with van der Waals surface area (Å²) in [7, 11) is 1.75. The minimum atomic E-state index is 0.477. The number of nitrogens with zero attached hydrogens (tertiary/aromatic N) is 3. The minimum absolute atomic E-state index is 0.477. The summed E-state index contributed by atoms with van der Waals surface area (Å²) in [4.78, 5) is 8.71. The van der Waals surface area contributed by atoms with Gasteiger partial charge in [-0.1, -0.05) is 55.4 Å². The van der Waals surface area contributed by atoms with Crippen LogP contribution in [0.3, 0.4) is 0 Å². The van der Waals surface area contributed by atoms with Gasteiger partial charge in [0.15, 0.2) is 5.96 Å². The average molecular weight is 408 g/mol. The Morgan fingerprint density at radius 2 is 1.83 bits per heavy atom. The molecule has 0 saturated heterocycles. The fourth-order valence-corrected chi connectivity index (χ4v) is 3.12. The summed E-state index contributed by atoms with van der Waals surface area (Å²) >= 11 is 0. The summed E-state index contributed by atoms with van der Waals surface area (Å²) in [6.07, 6.45) is 3.39. The molecule has 2 N–H and O–H groups in total. The monoisotopic (exact) mass is 407 g/mol. The normalized spacial score (nSPS) is 11.4. The first-order valence-electron chi connectivity index (χ1n) is 10.3. The highest BCUT2D eigenvalue weighted by atomic mass is 16.5. The molecule has 3 aromatic rings. The molecule has 0 spiro atoms. The Bertz CT molecular complexity index is 932. The Kier molecular flexibility index (Phi) is 7.83. The number of aliphatic imine (C=N–C) groups is 1. The lowest BCUT2D eigenvalue weighted by Gasteiger charge is -2.14. The lowest BCUT2D eigenvalue weighted by atomic mass is 10.1. The molecular formula is C23H29N5O2. The van der Waals surface area contributed by atoms with Gasteiger partial charge in [-0.2, -0.15) is 0 Å². The van der Waals surface area contributed by atoms with Gasteiger partial charge in [-0.3, -0.25) is 4.99 Å². The molecule has 0 radical (unpaired) electrons. The third-order valence-electron chi connectivity index (χ3n) is 4.78.